The third-order valence-corrected chi connectivity index (χ3v) is 5.56. The zero-order chi connectivity index (χ0) is 24.8. The number of azo groups is 1. The van der Waals surface area contributed by atoms with E-state index in [-0.39, 0.29) is 11.8 Å². The molecular formula is C29H26N4O2. The summed E-state index contributed by atoms with van der Waals surface area (Å²) in [5, 5.41) is 14.5. The lowest BCUT2D eigenvalue weighted by molar-refractivity contribution is 0.101. The van der Waals surface area contributed by atoms with Crippen molar-refractivity contribution in [1.29, 1.82) is 0 Å². The molecule has 0 aromatic heterocycles. The number of aryl methyl sites for hydroxylation is 3. The van der Waals surface area contributed by atoms with Gasteiger partial charge in [0.1, 0.15) is 0 Å². The van der Waals surface area contributed by atoms with Gasteiger partial charge in [-0.25, -0.2) is 0 Å². The molecule has 4 aromatic rings. The van der Waals surface area contributed by atoms with E-state index in [4.69, 9.17) is 0 Å². The summed E-state index contributed by atoms with van der Waals surface area (Å²) >= 11 is 0. The molecule has 2 amide bonds. The van der Waals surface area contributed by atoms with Crippen molar-refractivity contribution in [2.45, 2.75) is 20.8 Å². The fourth-order valence-electron chi connectivity index (χ4n) is 3.46. The summed E-state index contributed by atoms with van der Waals surface area (Å²) in [6.45, 7) is 5.82. The smallest absolute Gasteiger partial charge is 0.255 e. The van der Waals surface area contributed by atoms with Gasteiger partial charge in [0.2, 0.25) is 0 Å². The molecule has 35 heavy (non-hydrogen) atoms. The van der Waals surface area contributed by atoms with Gasteiger partial charge in [-0.05, 0) is 86.5 Å². The number of carbonyl (C=O) groups excluding carboxylic acids is 2. The Kier molecular flexibility index (Phi) is 7.12. The lowest BCUT2D eigenvalue weighted by Crippen LogP contribution is -2.12. The van der Waals surface area contributed by atoms with Crippen LogP contribution in [0.3, 0.4) is 0 Å². The third kappa shape index (κ3) is 6.06. The maximum atomic E-state index is 12.5. The van der Waals surface area contributed by atoms with Crippen LogP contribution in [0.2, 0.25) is 0 Å². The predicted molar refractivity (Wildman–Crippen MR) is 140 cm³/mol. The normalized spacial score (nSPS) is 10.8. The van der Waals surface area contributed by atoms with Crippen LogP contribution >= 0.6 is 0 Å². The molecule has 0 bridgehead atoms. The summed E-state index contributed by atoms with van der Waals surface area (Å²) in [5.74, 6) is -0.339. The summed E-state index contributed by atoms with van der Waals surface area (Å²) in [6, 6.07) is 27.5. The van der Waals surface area contributed by atoms with Crippen LogP contribution in [0.5, 0.6) is 0 Å². The molecule has 0 saturated carbocycles. The van der Waals surface area contributed by atoms with Gasteiger partial charge in [-0.15, -0.1) is 0 Å². The monoisotopic (exact) mass is 462 g/mol. The fraction of sp³-hybridized carbons (Fsp3) is 0.103. The quantitative estimate of drug-likeness (QED) is 0.290. The minimum Gasteiger partial charge on any atom is -0.322 e. The summed E-state index contributed by atoms with van der Waals surface area (Å²) in [5.41, 5.74) is 6.78. The number of benzene rings is 4. The molecule has 2 N–H and O–H groups in total. The number of hydrogen-bond donors (Lipinski definition) is 2. The van der Waals surface area contributed by atoms with Crippen molar-refractivity contribution in [2.24, 2.45) is 10.2 Å². The number of nitrogens with one attached hydrogen (secondary N) is 2. The van der Waals surface area contributed by atoms with Crippen molar-refractivity contribution in [3.8, 4) is 0 Å². The van der Waals surface area contributed by atoms with E-state index in [1.807, 2.05) is 75.4 Å². The molecule has 0 aliphatic rings. The lowest BCUT2D eigenvalue weighted by atomic mass is 10.1. The lowest BCUT2D eigenvalue weighted by Gasteiger charge is -2.10. The largest absolute Gasteiger partial charge is 0.322 e. The van der Waals surface area contributed by atoms with E-state index >= 15 is 0 Å². The highest BCUT2D eigenvalue weighted by molar-refractivity contribution is 6.05. The minimum absolute atomic E-state index is 0.160. The van der Waals surface area contributed by atoms with Crippen molar-refractivity contribution < 1.29 is 9.59 Å². The SMILES string of the molecule is Cc1ccc(C(=O)Nc2ccc(N=Nc3ccc(C)c(NC(=O)c4ccccc4)c3)cc2C)cc1. The molecule has 6 heteroatoms. The van der Waals surface area contributed by atoms with Crippen molar-refractivity contribution in [2.75, 3.05) is 10.6 Å². The second-order valence-corrected chi connectivity index (χ2v) is 8.34. The Labute approximate surface area is 204 Å². The molecule has 0 spiro atoms. The molecule has 0 fully saturated rings. The van der Waals surface area contributed by atoms with Crippen LogP contribution in [0.4, 0.5) is 22.7 Å². The Balaban J connectivity index is 1.45. The molecule has 0 atom stereocenters. The average Bonchev–Trinajstić information content (AvgIpc) is 2.86. The van der Waals surface area contributed by atoms with E-state index in [9.17, 15) is 9.59 Å². The summed E-state index contributed by atoms with van der Waals surface area (Å²) in [6.07, 6.45) is 0. The van der Waals surface area contributed by atoms with Gasteiger partial charge in [0.25, 0.3) is 11.8 Å². The van der Waals surface area contributed by atoms with Crippen LogP contribution in [0.25, 0.3) is 0 Å². The van der Waals surface area contributed by atoms with E-state index in [2.05, 4.69) is 20.9 Å². The first kappa shape index (κ1) is 23.6. The first-order chi connectivity index (χ1) is 16.9. The Morgan fingerprint density at radius 2 is 1.14 bits per heavy atom. The molecule has 0 aliphatic heterocycles. The molecule has 0 saturated heterocycles. The van der Waals surface area contributed by atoms with Gasteiger partial charge in [-0.1, -0.05) is 42.0 Å². The molecule has 6 nitrogen and oxygen atoms in total. The number of amides is 2. The van der Waals surface area contributed by atoms with Crippen molar-refractivity contribution in [3.05, 3.63) is 119 Å². The van der Waals surface area contributed by atoms with Crippen LogP contribution in [0.15, 0.2) is 101 Å². The predicted octanol–water partition coefficient (Wildman–Crippen LogP) is 7.53. The van der Waals surface area contributed by atoms with Crippen LogP contribution < -0.4 is 10.6 Å². The second-order valence-electron chi connectivity index (χ2n) is 8.34. The Bertz CT molecular complexity index is 1390. The number of rotatable bonds is 6. The maximum absolute atomic E-state index is 12.5. The fourth-order valence-corrected chi connectivity index (χ4v) is 3.46. The third-order valence-electron chi connectivity index (χ3n) is 5.56. The first-order valence-corrected chi connectivity index (χ1v) is 11.3. The molecule has 0 aliphatic carbocycles. The second kappa shape index (κ2) is 10.6. The summed E-state index contributed by atoms with van der Waals surface area (Å²) in [4.78, 5) is 25.0. The Morgan fingerprint density at radius 3 is 1.80 bits per heavy atom. The highest BCUT2D eigenvalue weighted by Crippen LogP contribution is 2.27. The number of anilines is 2. The number of nitrogens with zero attached hydrogens (tertiary/aromatic N) is 2. The number of carbonyl (C=O) groups is 2. The average molecular weight is 463 g/mol. The Morgan fingerprint density at radius 1 is 0.571 bits per heavy atom. The van der Waals surface area contributed by atoms with Gasteiger partial charge in [-0.2, -0.15) is 10.2 Å². The van der Waals surface area contributed by atoms with Gasteiger partial charge >= 0.3 is 0 Å². The standard InChI is InChI=1S/C29H26N4O2/c1-19-9-12-23(13-10-19)29(35)30-26-16-15-24(17-21(26)3)32-33-25-14-11-20(2)27(18-25)31-28(34)22-7-5-4-6-8-22/h4-18H,1-3H3,(H,30,35)(H,31,34). The summed E-state index contributed by atoms with van der Waals surface area (Å²) < 4.78 is 0. The van der Waals surface area contributed by atoms with Crippen molar-refractivity contribution in [1.82, 2.24) is 0 Å². The van der Waals surface area contributed by atoms with Crippen molar-refractivity contribution >= 4 is 34.6 Å². The Hall–Kier alpha value is -4.58. The highest BCUT2D eigenvalue weighted by Gasteiger charge is 2.09. The van der Waals surface area contributed by atoms with Gasteiger partial charge in [0.15, 0.2) is 0 Å². The summed E-state index contributed by atoms with van der Waals surface area (Å²) in [7, 11) is 0. The van der Waals surface area contributed by atoms with E-state index < -0.39 is 0 Å². The van der Waals surface area contributed by atoms with E-state index in [0.29, 0.717) is 28.2 Å². The van der Waals surface area contributed by atoms with Crippen LogP contribution in [-0.4, -0.2) is 11.8 Å². The number of hydrogen-bond acceptors (Lipinski definition) is 4. The molecule has 4 aromatic carbocycles. The van der Waals surface area contributed by atoms with E-state index in [1.165, 1.54) is 0 Å². The van der Waals surface area contributed by atoms with Crippen molar-refractivity contribution in [3.63, 3.8) is 0 Å². The van der Waals surface area contributed by atoms with E-state index in [0.717, 1.165) is 22.4 Å². The van der Waals surface area contributed by atoms with E-state index in [1.54, 1.807) is 36.4 Å². The topological polar surface area (TPSA) is 82.9 Å². The maximum Gasteiger partial charge on any atom is 0.255 e. The highest BCUT2D eigenvalue weighted by atomic mass is 16.2. The molecular weight excluding hydrogens is 436 g/mol. The molecule has 4 rings (SSSR count). The molecule has 0 heterocycles. The van der Waals surface area contributed by atoms with Gasteiger partial charge < -0.3 is 10.6 Å². The van der Waals surface area contributed by atoms with Gasteiger partial charge in [-0.3, -0.25) is 9.59 Å². The zero-order valence-corrected chi connectivity index (χ0v) is 19.9. The van der Waals surface area contributed by atoms with Crippen LogP contribution in [-0.2, 0) is 0 Å². The minimum atomic E-state index is -0.179. The molecule has 0 radical (unpaired) electrons. The van der Waals surface area contributed by atoms with Crippen LogP contribution in [0, 0.1) is 20.8 Å². The first-order valence-electron chi connectivity index (χ1n) is 11.3. The molecule has 174 valence electrons. The molecule has 0 unspecified atom stereocenters. The van der Waals surface area contributed by atoms with Crippen LogP contribution in [0.1, 0.15) is 37.4 Å². The zero-order valence-electron chi connectivity index (χ0n) is 19.9. The van der Waals surface area contributed by atoms with Gasteiger partial charge in [0.05, 0.1) is 11.4 Å². The van der Waals surface area contributed by atoms with Gasteiger partial charge in [0, 0.05) is 22.5 Å².